The van der Waals surface area contributed by atoms with Crippen molar-refractivity contribution in [3.63, 3.8) is 0 Å². The highest BCUT2D eigenvalue weighted by atomic mass is 32.2. The summed E-state index contributed by atoms with van der Waals surface area (Å²) in [6.45, 7) is 1.75. The summed E-state index contributed by atoms with van der Waals surface area (Å²) in [6, 6.07) is 4.40. The predicted octanol–water partition coefficient (Wildman–Crippen LogP) is 0.838. The van der Waals surface area contributed by atoms with Gasteiger partial charge in [-0.15, -0.1) is 0 Å². The number of carbonyl (C=O) groups excluding carboxylic acids is 2. The summed E-state index contributed by atoms with van der Waals surface area (Å²) in [4.78, 5) is 22.7. The molecule has 0 atom stereocenters. The summed E-state index contributed by atoms with van der Waals surface area (Å²) in [5.74, 6) is -2.63. The molecule has 1 amide bonds. The summed E-state index contributed by atoms with van der Waals surface area (Å²) in [7, 11) is -3.95. The second-order valence-electron chi connectivity index (χ2n) is 3.81. The van der Waals surface area contributed by atoms with E-state index in [1.54, 1.807) is 11.6 Å². The number of amides is 1. The number of halogens is 1. The standard InChI is InChI=1S/C12H14FNO5S/c1-2-19-11(15)7-8-20(17,18)14-12(16)9-3-5-10(13)6-4-9/h3-6H,2,7-8H2,1H3,(H,14,16). The van der Waals surface area contributed by atoms with Crippen molar-refractivity contribution in [2.24, 2.45) is 0 Å². The molecule has 1 rings (SSSR count). The van der Waals surface area contributed by atoms with Crippen LogP contribution in [0.15, 0.2) is 24.3 Å². The van der Waals surface area contributed by atoms with Crippen molar-refractivity contribution in [1.82, 2.24) is 4.72 Å². The number of sulfonamides is 1. The van der Waals surface area contributed by atoms with Crippen LogP contribution in [0.5, 0.6) is 0 Å². The Morgan fingerprint density at radius 2 is 1.85 bits per heavy atom. The number of hydrogen-bond acceptors (Lipinski definition) is 5. The molecule has 1 N–H and O–H groups in total. The lowest BCUT2D eigenvalue weighted by Crippen LogP contribution is -2.33. The minimum absolute atomic E-state index is 0.00566. The first-order chi connectivity index (χ1) is 9.34. The molecule has 0 bridgehead atoms. The molecule has 6 nitrogen and oxygen atoms in total. The Labute approximate surface area is 116 Å². The molecule has 20 heavy (non-hydrogen) atoms. The third kappa shape index (κ3) is 5.35. The summed E-state index contributed by atoms with van der Waals surface area (Å²) in [6.07, 6.45) is -0.347. The molecule has 0 aliphatic carbocycles. The maximum atomic E-state index is 12.7. The Bertz CT molecular complexity index is 582. The molecule has 110 valence electrons. The zero-order valence-electron chi connectivity index (χ0n) is 10.8. The average Bonchev–Trinajstić information content (AvgIpc) is 2.37. The average molecular weight is 303 g/mol. The van der Waals surface area contributed by atoms with Gasteiger partial charge >= 0.3 is 5.97 Å². The van der Waals surface area contributed by atoms with Gasteiger partial charge in [0.25, 0.3) is 5.91 Å². The third-order valence-corrected chi connectivity index (χ3v) is 3.47. The molecular formula is C12H14FNO5S. The van der Waals surface area contributed by atoms with Gasteiger partial charge in [0.05, 0.1) is 18.8 Å². The molecule has 0 fully saturated rings. The zero-order valence-corrected chi connectivity index (χ0v) is 11.6. The largest absolute Gasteiger partial charge is 0.466 e. The van der Waals surface area contributed by atoms with Crippen molar-refractivity contribution in [3.8, 4) is 0 Å². The second kappa shape index (κ2) is 6.99. The van der Waals surface area contributed by atoms with E-state index in [0.29, 0.717) is 0 Å². The molecule has 0 saturated carbocycles. The first-order valence-electron chi connectivity index (χ1n) is 5.80. The van der Waals surface area contributed by atoms with Gasteiger partial charge in [0, 0.05) is 5.56 Å². The molecule has 0 radical (unpaired) electrons. The number of ether oxygens (including phenoxy) is 1. The van der Waals surface area contributed by atoms with Crippen LogP contribution >= 0.6 is 0 Å². The summed E-state index contributed by atoms with van der Waals surface area (Å²) < 4.78 is 42.2. The SMILES string of the molecule is CCOC(=O)CCS(=O)(=O)NC(=O)c1ccc(F)cc1. The highest BCUT2D eigenvalue weighted by Gasteiger charge is 2.18. The monoisotopic (exact) mass is 303 g/mol. The molecule has 0 spiro atoms. The van der Waals surface area contributed by atoms with Crippen molar-refractivity contribution in [3.05, 3.63) is 35.6 Å². The van der Waals surface area contributed by atoms with E-state index in [-0.39, 0.29) is 18.6 Å². The van der Waals surface area contributed by atoms with Crippen LogP contribution in [-0.4, -0.2) is 32.7 Å². The molecule has 0 saturated heterocycles. The minimum atomic E-state index is -3.95. The fraction of sp³-hybridized carbons (Fsp3) is 0.333. The fourth-order valence-corrected chi connectivity index (χ4v) is 2.24. The first kappa shape index (κ1) is 16.1. The van der Waals surface area contributed by atoms with Crippen molar-refractivity contribution >= 4 is 21.9 Å². The molecule has 0 unspecified atom stereocenters. The summed E-state index contributed by atoms with van der Waals surface area (Å²) >= 11 is 0. The molecule has 1 aromatic rings. The minimum Gasteiger partial charge on any atom is -0.466 e. The highest BCUT2D eigenvalue weighted by Crippen LogP contribution is 2.03. The molecule has 0 aliphatic heterocycles. The lowest BCUT2D eigenvalue weighted by Gasteiger charge is -2.06. The number of benzene rings is 1. The van der Waals surface area contributed by atoms with Gasteiger partial charge in [-0.2, -0.15) is 0 Å². The van der Waals surface area contributed by atoms with Crippen LogP contribution in [0, 0.1) is 5.82 Å². The summed E-state index contributed by atoms with van der Waals surface area (Å²) in [5.41, 5.74) is 0.00566. The van der Waals surface area contributed by atoms with E-state index in [9.17, 15) is 22.4 Å². The Balaban J connectivity index is 2.59. The lowest BCUT2D eigenvalue weighted by atomic mass is 10.2. The van der Waals surface area contributed by atoms with E-state index in [1.165, 1.54) is 0 Å². The van der Waals surface area contributed by atoms with Crippen LogP contribution in [-0.2, 0) is 19.6 Å². The smallest absolute Gasteiger partial charge is 0.306 e. The Hall–Kier alpha value is -1.96. The molecule has 1 aromatic carbocycles. The van der Waals surface area contributed by atoms with Crippen LogP contribution in [0.3, 0.4) is 0 Å². The van der Waals surface area contributed by atoms with E-state index >= 15 is 0 Å². The van der Waals surface area contributed by atoms with E-state index < -0.39 is 33.5 Å². The number of rotatable bonds is 6. The first-order valence-corrected chi connectivity index (χ1v) is 7.45. The van der Waals surface area contributed by atoms with Crippen LogP contribution in [0.1, 0.15) is 23.7 Å². The van der Waals surface area contributed by atoms with Crippen molar-refractivity contribution in [1.29, 1.82) is 0 Å². The van der Waals surface area contributed by atoms with Gasteiger partial charge in [-0.05, 0) is 31.2 Å². The van der Waals surface area contributed by atoms with E-state index in [2.05, 4.69) is 4.74 Å². The van der Waals surface area contributed by atoms with Crippen molar-refractivity contribution in [2.75, 3.05) is 12.4 Å². The second-order valence-corrected chi connectivity index (χ2v) is 5.65. The van der Waals surface area contributed by atoms with Crippen molar-refractivity contribution in [2.45, 2.75) is 13.3 Å². The van der Waals surface area contributed by atoms with Crippen LogP contribution in [0.2, 0.25) is 0 Å². The van der Waals surface area contributed by atoms with Crippen molar-refractivity contribution < 1.29 is 27.1 Å². The fourth-order valence-electron chi connectivity index (χ4n) is 1.30. The maximum absolute atomic E-state index is 12.7. The number of nitrogens with one attached hydrogen (secondary N) is 1. The lowest BCUT2D eigenvalue weighted by molar-refractivity contribution is -0.142. The number of hydrogen-bond donors (Lipinski definition) is 1. The Morgan fingerprint density at radius 3 is 2.40 bits per heavy atom. The topological polar surface area (TPSA) is 89.5 Å². The number of esters is 1. The molecule has 0 aliphatic rings. The molecule has 0 aromatic heterocycles. The van der Waals surface area contributed by atoms with E-state index in [0.717, 1.165) is 24.3 Å². The van der Waals surface area contributed by atoms with Gasteiger partial charge in [0.1, 0.15) is 5.82 Å². The maximum Gasteiger partial charge on any atom is 0.306 e. The van der Waals surface area contributed by atoms with E-state index in [4.69, 9.17) is 0 Å². The highest BCUT2D eigenvalue weighted by molar-refractivity contribution is 7.90. The quantitative estimate of drug-likeness (QED) is 0.787. The summed E-state index contributed by atoms with van der Waals surface area (Å²) in [5, 5.41) is 0. The molecular weight excluding hydrogens is 289 g/mol. The van der Waals surface area contributed by atoms with Crippen LogP contribution < -0.4 is 4.72 Å². The Kier molecular flexibility index (Phi) is 5.63. The van der Waals surface area contributed by atoms with Crippen LogP contribution in [0.4, 0.5) is 4.39 Å². The molecule has 0 heterocycles. The normalized spacial score (nSPS) is 10.9. The van der Waals surface area contributed by atoms with Gasteiger partial charge in [-0.1, -0.05) is 0 Å². The van der Waals surface area contributed by atoms with Gasteiger partial charge in [0.15, 0.2) is 0 Å². The molecule has 8 heteroatoms. The zero-order chi connectivity index (χ0) is 15.2. The van der Waals surface area contributed by atoms with Gasteiger partial charge in [-0.3, -0.25) is 9.59 Å². The predicted molar refractivity (Wildman–Crippen MR) is 68.9 cm³/mol. The number of carbonyl (C=O) groups is 2. The van der Waals surface area contributed by atoms with Crippen LogP contribution in [0.25, 0.3) is 0 Å². The van der Waals surface area contributed by atoms with E-state index in [1.807, 2.05) is 0 Å². The van der Waals surface area contributed by atoms with Gasteiger partial charge in [-0.25, -0.2) is 17.5 Å². The third-order valence-electron chi connectivity index (χ3n) is 2.23. The van der Waals surface area contributed by atoms with Gasteiger partial charge in [0.2, 0.25) is 10.0 Å². The van der Waals surface area contributed by atoms with Gasteiger partial charge < -0.3 is 4.74 Å². The Morgan fingerprint density at radius 1 is 1.25 bits per heavy atom.